The lowest BCUT2D eigenvalue weighted by atomic mass is 10.3. The van der Waals surface area contributed by atoms with E-state index in [-0.39, 0.29) is 29.2 Å². The van der Waals surface area contributed by atoms with Gasteiger partial charge in [-0.15, -0.1) is 0 Å². The second kappa shape index (κ2) is 5.94. The molecule has 0 aromatic carbocycles. The summed E-state index contributed by atoms with van der Waals surface area (Å²) in [5.74, 6) is -4.00. The van der Waals surface area contributed by atoms with Crippen LogP contribution in [0.3, 0.4) is 0 Å². The summed E-state index contributed by atoms with van der Waals surface area (Å²) in [7, 11) is -2.69. The first-order valence-electron chi connectivity index (χ1n) is 8.44. The van der Waals surface area contributed by atoms with Crippen LogP contribution in [0.4, 0.5) is 20.3 Å². The number of halogens is 2. The molecule has 2 heterocycles. The Labute approximate surface area is 136 Å². The van der Waals surface area contributed by atoms with Crippen LogP contribution in [0.1, 0.15) is 29.7 Å². The summed E-state index contributed by atoms with van der Waals surface area (Å²) in [4.78, 5) is 11.3. The van der Waals surface area contributed by atoms with Crippen molar-refractivity contribution < 1.29 is 22.4 Å². The van der Waals surface area contributed by atoms with Gasteiger partial charge in [0.15, 0.2) is 5.75 Å². The second-order valence-corrected chi connectivity index (χ2v) is 5.22. The van der Waals surface area contributed by atoms with Crippen molar-refractivity contribution in [3.63, 3.8) is 0 Å². The molecule has 3 rings (SSSR count). The lowest BCUT2D eigenvalue weighted by Crippen LogP contribution is -2.15. The van der Waals surface area contributed by atoms with E-state index in [2.05, 4.69) is 20.3 Å². The molecule has 1 aliphatic rings. The highest BCUT2D eigenvalue weighted by molar-refractivity contribution is 5.63. The number of hydrogen-bond donors (Lipinski definition) is 1. The number of nitrogens with one attached hydrogen (secondary N) is 1. The van der Waals surface area contributed by atoms with Crippen LogP contribution < -0.4 is 14.8 Å². The Morgan fingerprint density at radius 2 is 2.22 bits per heavy atom. The summed E-state index contributed by atoms with van der Waals surface area (Å²) in [6.07, 6.45) is 4.24. The quantitative estimate of drug-likeness (QED) is 0.879. The van der Waals surface area contributed by atoms with Gasteiger partial charge in [0, 0.05) is 19.2 Å². The van der Waals surface area contributed by atoms with Gasteiger partial charge >= 0.3 is 5.92 Å². The van der Waals surface area contributed by atoms with Gasteiger partial charge in [0.25, 0.3) is 0 Å². The van der Waals surface area contributed by atoms with Gasteiger partial charge in [-0.1, -0.05) is 0 Å². The van der Waals surface area contributed by atoms with Crippen LogP contribution >= 0.6 is 0 Å². The minimum absolute atomic E-state index is 0.0220. The molecule has 0 atom stereocenters. The summed E-state index contributed by atoms with van der Waals surface area (Å²) in [5.41, 5.74) is 0.206. The molecule has 1 fully saturated rings. The van der Waals surface area contributed by atoms with Gasteiger partial charge in [-0.2, -0.15) is 13.8 Å². The summed E-state index contributed by atoms with van der Waals surface area (Å²) < 4.78 is 59.3. The van der Waals surface area contributed by atoms with Crippen molar-refractivity contribution in [2.24, 2.45) is 0 Å². The van der Waals surface area contributed by atoms with Gasteiger partial charge in [0.2, 0.25) is 11.7 Å². The SMILES string of the molecule is [2H]C([2H])([2H])Oc1cnccc1Nc1cc(OC2CC2)nc(C(C)(F)F)n1. The summed E-state index contributed by atoms with van der Waals surface area (Å²) in [5, 5.41) is 2.76. The maximum atomic E-state index is 13.7. The lowest BCUT2D eigenvalue weighted by Gasteiger charge is -2.15. The third-order valence-electron chi connectivity index (χ3n) is 3.06. The Morgan fingerprint density at radius 1 is 1.39 bits per heavy atom. The first kappa shape index (κ1) is 12.0. The Hall–Kier alpha value is -2.51. The predicted octanol–water partition coefficient (Wildman–Crippen LogP) is 3.28. The molecule has 1 saturated carbocycles. The van der Waals surface area contributed by atoms with Crippen molar-refractivity contribution in [3.05, 3.63) is 30.4 Å². The molecule has 0 amide bonds. The maximum Gasteiger partial charge on any atom is 0.304 e. The Kier molecular flexibility index (Phi) is 3.09. The topological polar surface area (TPSA) is 69.2 Å². The van der Waals surface area contributed by atoms with Crippen molar-refractivity contribution in [1.82, 2.24) is 15.0 Å². The highest BCUT2D eigenvalue weighted by Crippen LogP contribution is 2.32. The van der Waals surface area contributed by atoms with Crippen molar-refractivity contribution in [2.45, 2.75) is 31.8 Å². The highest BCUT2D eigenvalue weighted by Gasteiger charge is 2.31. The van der Waals surface area contributed by atoms with Crippen LogP contribution in [0.5, 0.6) is 11.6 Å². The van der Waals surface area contributed by atoms with Crippen LogP contribution in [0, 0.1) is 0 Å². The first-order chi connectivity index (χ1) is 12.1. The molecule has 6 nitrogen and oxygen atoms in total. The van der Waals surface area contributed by atoms with E-state index in [1.54, 1.807) is 0 Å². The van der Waals surface area contributed by atoms with Crippen LogP contribution in [-0.2, 0) is 5.92 Å². The molecule has 0 bridgehead atoms. The number of anilines is 2. The predicted molar refractivity (Wildman–Crippen MR) is 79.3 cm³/mol. The first-order valence-corrected chi connectivity index (χ1v) is 6.94. The number of aromatic nitrogens is 3. The molecule has 0 aliphatic heterocycles. The zero-order chi connectivity index (χ0) is 18.9. The molecule has 8 heteroatoms. The smallest absolute Gasteiger partial charge is 0.304 e. The average molecular weight is 325 g/mol. The Morgan fingerprint density at radius 3 is 2.91 bits per heavy atom. The van der Waals surface area contributed by atoms with Gasteiger partial charge < -0.3 is 14.8 Å². The molecule has 0 radical (unpaired) electrons. The number of hydrogen-bond acceptors (Lipinski definition) is 6. The van der Waals surface area contributed by atoms with Crippen LogP contribution in [0.25, 0.3) is 0 Å². The minimum Gasteiger partial charge on any atom is -0.493 e. The second-order valence-electron chi connectivity index (χ2n) is 5.22. The number of ether oxygens (including phenoxy) is 2. The van der Waals surface area contributed by atoms with Gasteiger partial charge in [-0.3, -0.25) is 4.98 Å². The molecule has 2 aromatic heterocycles. The molecule has 0 saturated heterocycles. The number of rotatable bonds is 6. The normalized spacial score (nSPS) is 16.9. The number of alkyl halides is 2. The zero-order valence-corrected chi connectivity index (χ0v) is 12.2. The Balaban J connectivity index is 1.91. The van der Waals surface area contributed by atoms with Gasteiger partial charge in [-0.25, -0.2) is 4.98 Å². The fourth-order valence-corrected chi connectivity index (χ4v) is 1.80. The molecular formula is C15H16F2N4O2. The van der Waals surface area contributed by atoms with E-state index in [0.717, 1.165) is 12.8 Å². The molecule has 0 unspecified atom stereocenters. The Bertz CT molecular complexity index is 795. The number of nitrogens with zero attached hydrogens (tertiary/aromatic N) is 3. The molecule has 122 valence electrons. The van der Waals surface area contributed by atoms with E-state index in [9.17, 15) is 8.78 Å². The largest absolute Gasteiger partial charge is 0.493 e. The van der Waals surface area contributed by atoms with Crippen LogP contribution in [0.15, 0.2) is 24.5 Å². The molecule has 2 aromatic rings. The third-order valence-corrected chi connectivity index (χ3v) is 3.06. The number of pyridine rings is 1. The monoisotopic (exact) mass is 325 g/mol. The summed E-state index contributed by atoms with van der Waals surface area (Å²) in [6, 6.07) is 2.81. The van der Waals surface area contributed by atoms with Crippen molar-refractivity contribution in [1.29, 1.82) is 0 Å². The third kappa shape index (κ3) is 3.82. The van der Waals surface area contributed by atoms with E-state index in [1.165, 1.54) is 24.5 Å². The summed E-state index contributed by atoms with van der Waals surface area (Å²) >= 11 is 0. The zero-order valence-electron chi connectivity index (χ0n) is 15.2. The van der Waals surface area contributed by atoms with Crippen LogP contribution in [0.2, 0.25) is 0 Å². The van der Waals surface area contributed by atoms with Crippen LogP contribution in [-0.4, -0.2) is 28.1 Å². The van der Waals surface area contributed by atoms with Gasteiger partial charge in [0.05, 0.1) is 23.0 Å². The lowest BCUT2D eigenvalue weighted by molar-refractivity contribution is 0.00705. The maximum absolute atomic E-state index is 13.7. The summed E-state index contributed by atoms with van der Waals surface area (Å²) in [6.45, 7) is 0.683. The fraction of sp³-hybridized carbons (Fsp3) is 0.400. The van der Waals surface area contributed by atoms with E-state index in [1.807, 2.05) is 0 Å². The molecule has 0 spiro atoms. The van der Waals surface area contributed by atoms with E-state index < -0.39 is 18.8 Å². The van der Waals surface area contributed by atoms with Crippen molar-refractivity contribution >= 4 is 11.5 Å². The molecule has 23 heavy (non-hydrogen) atoms. The van der Waals surface area contributed by atoms with E-state index >= 15 is 0 Å². The highest BCUT2D eigenvalue weighted by atomic mass is 19.3. The molecule has 1 N–H and O–H groups in total. The molecular weight excluding hydrogens is 306 g/mol. The van der Waals surface area contributed by atoms with Gasteiger partial charge in [-0.05, 0) is 18.9 Å². The fourth-order valence-electron chi connectivity index (χ4n) is 1.80. The average Bonchev–Trinajstić information content (AvgIpc) is 3.31. The number of methoxy groups -OCH3 is 1. The minimum atomic E-state index is -3.27. The molecule has 1 aliphatic carbocycles. The standard InChI is InChI=1S/C15H16F2N4O2/c1-15(16,17)14-20-12(7-13(21-14)23-9-3-4-9)19-10-5-6-18-8-11(10)22-2/h5-9H,3-4H2,1-2H3,(H,18,19,20,21)/i2D3. The van der Waals surface area contributed by atoms with E-state index in [4.69, 9.17) is 13.6 Å². The van der Waals surface area contributed by atoms with Crippen molar-refractivity contribution in [2.75, 3.05) is 12.4 Å². The van der Waals surface area contributed by atoms with E-state index in [0.29, 0.717) is 6.92 Å². The van der Waals surface area contributed by atoms with Gasteiger partial charge in [0.1, 0.15) is 11.9 Å². The van der Waals surface area contributed by atoms with Crippen molar-refractivity contribution in [3.8, 4) is 11.6 Å².